The molecule has 4 nitrogen and oxygen atoms in total. The van der Waals surface area contributed by atoms with Crippen molar-refractivity contribution in [1.29, 1.82) is 0 Å². The monoisotopic (exact) mass is 364 g/mol. The largest absolute Gasteiger partial charge is 0.469 e. The van der Waals surface area contributed by atoms with Crippen LogP contribution in [0.15, 0.2) is 23.8 Å². The third-order valence-electron chi connectivity index (χ3n) is 5.97. The number of rotatable bonds is 11. The van der Waals surface area contributed by atoms with Crippen LogP contribution in [0.3, 0.4) is 0 Å². The number of carbonyl (C=O) groups is 1. The quantitative estimate of drug-likeness (QED) is 0.328. The molecule has 0 spiro atoms. The van der Waals surface area contributed by atoms with E-state index in [0.717, 1.165) is 57.8 Å². The Morgan fingerprint density at radius 3 is 2.88 bits per heavy atom. The SMILES string of the molecule is CCCCC[C@H](O)/C=C/C1C(O)CC2C=C(CCCCC(=O)OC)CC21. The molecule has 0 bridgehead atoms. The topological polar surface area (TPSA) is 66.8 Å². The minimum absolute atomic E-state index is 0.131. The van der Waals surface area contributed by atoms with Gasteiger partial charge in [-0.1, -0.05) is 50.0 Å². The van der Waals surface area contributed by atoms with E-state index in [1.54, 1.807) is 0 Å². The fourth-order valence-corrected chi connectivity index (χ4v) is 4.47. The van der Waals surface area contributed by atoms with Gasteiger partial charge < -0.3 is 14.9 Å². The zero-order chi connectivity index (χ0) is 18.9. The fraction of sp³-hybridized carbons (Fsp3) is 0.773. The molecule has 26 heavy (non-hydrogen) atoms. The van der Waals surface area contributed by atoms with Gasteiger partial charge in [-0.2, -0.15) is 0 Å². The van der Waals surface area contributed by atoms with Gasteiger partial charge in [-0.15, -0.1) is 0 Å². The molecule has 2 rings (SSSR count). The average molecular weight is 365 g/mol. The van der Waals surface area contributed by atoms with Crippen LogP contribution in [0.25, 0.3) is 0 Å². The minimum atomic E-state index is -0.389. The molecule has 4 unspecified atom stereocenters. The normalized spacial score (nSPS) is 29.0. The highest BCUT2D eigenvalue weighted by molar-refractivity contribution is 5.68. The lowest BCUT2D eigenvalue weighted by Crippen LogP contribution is -2.18. The first-order valence-electron chi connectivity index (χ1n) is 10.4. The highest BCUT2D eigenvalue weighted by Crippen LogP contribution is 2.48. The molecule has 148 valence electrons. The van der Waals surface area contributed by atoms with Gasteiger partial charge in [0.05, 0.1) is 19.3 Å². The molecule has 0 aromatic heterocycles. The molecule has 1 saturated carbocycles. The van der Waals surface area contributed by atoms with E-state index in [2.05, 4.69) is 23.8 Å². The maximum Gasteiger partial charge on any atom is 0.305 e. The summed E-state index contributed by atoms with van der Waals surface area (Å²) in [7, 11) is 1.43. The first-order valence-corrected chi connectivity index (χ1v) is 10.4. The summed E-state index contributed by atoms with van der Waals surface area (Å²) < 4.78 is 4.68. The highest BCUT2D eigenvalue weighted by Gasteiger charge is 2.43. The molecular weight excluding hydrogens is 328 g/mol. The Labute approximate surface area is 158 Å². The maximum absolute atomic E-state index is 11.2. The van der Waals surface area contributed by atoms with Crippen LogP contribution in [0.5, 0.6) is 0 Å². The number of allylic oxidation sites excluding steroid dienone is 2. The van der Waals surface area contributed by atoms with Crippen LogP contribution in [0.2, 0.25) is 0 Å². The number of hydrogen-bond donors (Lipinski definition) is 2. The van der Waals surface area contributed by atoms with Gasteiger partial charge in [-0.05, 0) is 50.4 Å². The molecule has 2 N–H and O–H groups in total. The summed E-state index contributed by atoms with van der Waals surface area (Å²) in [6.45, 7) is 2.16. The first-order chi connectivity index (χ1) is 12.5. The number of ether oxygens (including phenoxy) is 1. The summed E-state index contributed by atoms with van der Waals surface area (Å²) in [5.41, 5.74) is 1.47. The van der Waals surface area contributed by atoms with Gasteiger partial charge in [0.15, 0.2) is 0 Å². The van der Waals surface area contributed by atoms with Crippen LogP contribution in [0, 0.1) is 17.8 Å². The lowest BCUT2D eigenvalue weighted by molar-refractivity contribution is -0.140. The van der Waals surface area contributed by atoms with Crippen LogP contribution in [-0.2, 0) is 9.53 Å². The second-order valence-corrected chi connectivity index (χ2v) is 7.97. The minimum Gasteiger partial charge on any atom is -0.469 e. The highest BCUT2D eigenvalue weighted by atomic mass is 16.5. The van der Waals surface area contributed by atoms with E-state index in [9.17, 15) is 15.0 Å². The molecule has 0 aromatic rings. The van der Waals surface area contributed by atoms with E-state index in [1.807, 2.05) is 6.08 Å². The molecule has 1 fully saturated rings. The number of carbonyl (C=O) groups excluding carboxylic acids is 1. The van der Waals surface area contributed by atoms with Gasteiger partial charge in [-0.25, -0.2) is 0 Å². The van der Waals surface area contributed by atoms with E-state index in [4.69, 9.17) is 0 Å². The van der Waals surface area contributed by atoms with Crippen LogP contribution < -0.4 is 0 Å². The third kappa shape index (κ3) is 6.24. The smallest absolute Gasteiger partial charge is 0.305 e. The number of methoxy groups -OCH3 is 1. The maximum atomic E-state index is 11.2. The van der Waals surface area contributed by atoms with E-state index in [0.29, 0.717) is 18.3 Å². The van der Waals surface area contributed by atoms with Gasteiger partial charge >= 0.3 is 5.97 Å². The summed E-state index contributed by atoms with van der Waals surface area (Å²) in [6.07, 6.45) is 15.1. The van der Waals surface area contributed by atoms with Crippen LogP contribution in [-0.4, -0.2) is 35.5 Å². The van der Waals surface area contributed by atoms with Gasteiger partial charge in [-0.3, -0.25) is 4.79 Å². The van der Waals surface area contributed by atoms with E-state index < -0.39 is 0 Å². The predicted octanol–water partition coefficient (Wildman–Crippen LogP) is 4.16. The lowest BCUT2D eigenvalue weighted by Gasteiger charge is -2.19. The predicted molar refractivity (Wildman–Crippen MR) is 104 cm³/mol. The van der Waals surface area contributed by atoms with Crippen molar-refractivity contribution in [3.05, 3.63) is 23.8 Å². The Kier molecular flexibility index (Phi) is 8.86. The van der Waals surface area contributed by atoms with Crippen LogP contribution in [0.1, 0.15) is 71.1 Å². The van der Waals surface area contributed by atoms with Crippen molar-refractivity contribution in [2.75, 3.05) is 7.11 Å². The fourth-order valence-electron chi connectivity index (χ4n) is 4.47. The van der Waals surface area contributed by atoms with E-state index >= 15 is 0 Å². The molecular formula is C22H36O4. The number of aliphatic hydroxyl groups is 2. The van der Waals surface area contributed by atoms with Crippen molar-refractivity contribution in [2.45, 2.75) is 83.3 Å². The number of esters is 1. The van der Waals surface area contributed by atoms with Crippen molar-refractivity contribution in [3.8, 4) is 0 Å². The molecule has 4 heteroatoms. The van der Waals surface area contributed by atoms with Crippen molar-refractivity contribution in [1.82, 2.24) is 0 Å². The molecule has 0 aliphatic heterocycles. The summed E-state index contributed by atoms with van der Waals surface area (Å²) >= 11 is 0. The van der Waals surface area contributed by atoms with Crippen LogP contribution >= 0.6 is 0 Å². The molecule has 5 atom stereocenters. The van der Waals surface area contributed by atoms with Crippen molar-refractivity contribution in [2.24, 2.45) is 17.8 Å². The van der Waals surface area contributed by atoms with Crippen molar-refractivity contribution < 1.29 is 19.7 Å². The van der Waals surface area contributed by atoms with E-state index in [1.165, 1.54) is 12.7 Å². The zero-order valence-corrected chi connectivity index (χ0v) is 16.4. The summed E-state index contributed by atoms with van der Waals surface area (Å²) in [4.78, 5) is 11.2. The standard InChI is InChI=1S/C22H36O4/c1-3-4-5-9-18(23)11-12-19-20-14-16(13-17(20)15-21(19)24)8-6-7-10-22(25)26-2/h11-13,17-21,23-24H,3-10,14-15H2,1-2H3/b12-11+/t17?,18-,19?,20?,21?/m0/s1. The molecule has 0 radical (unpaired) electrons. The summed E-state index contributed by atoms with van der Waals surface area (Å²) in [6, 6.07) is 0. The van der Waals surface area contributed by atoms with Gasteiger partial charge in [0, 0.05) is 12.3 Å². The molecule has 0 saturated heterocycles. The lowest BCUT2D eigenvalue weighted by atomic mass is 9.88. The molecule has 0 aromatic carbocycles. The Bertz CT molecular complexity index is 496. The molecule has 2 aliphatic rings. The summed E-state index contributed by atoms with van der Waals surface area (Å²) in [5, 5.41) is 20.5. The van der Waals surface area contributed by atoms with Crippen LogP contribution in [0.4, 0.5) is 0 Å². The number of fused-ring (bicyclic) bond motifs is 1. The molecule has 0 amide bonds. The Morgan fingerprint density at radius 1 is 1.35 bits per heavy atom. The Hall–Kier alpha value is -1.13. The summed E-state index contributed by atoms with van der Waals surface area (Å²) in [5.74, 6) is 0.963. The Balaban J connectivity index is 1.76. The molecule has 2 aliphatic carbocycles. The number of aliphatic hydroxyl groups excluding tert-OH is 2. The zero-order valence-electron chi connectivity index (χ0n) is 16.4. The van der Waals surface area contributed by atoms with Gasteiger partial charge in [0.25, 0.3) is 0 Å². The van der Waals surface area contributed by atoms with E-state index in [-0.39, 0.29) is 24.1 Å². The van der Waals surface area contributed by atoms with Crippen molar-refractivity contribution in [3.63, 3.8) is 0 Å². The second kappa shape index (κ2) is 10.9. The second-order valence-electron chi connectivity index (χ2n) is 7.97. The Morgan fingerprint density at radius 2 is 2.15 bits per heavy atom. The number of unbranched alkanes of at least 4 members (excludes halogenated alkanes) is 3. The first kappa shape index (κ1) is 21.2. The van der Waals surface area contributed by atoms with Gasteiger partial charge in [0.1, 0.15) is 0 Å². The van der Waals surface area contributed by atoms with Gasteiger partial charge in [0.2, 0.25) is 0 Å². The number of hydrogen-bond acceptors (Lipinski definition) is 4. The molecule has 0 heterocycles. The third-order valence-corrected chi connectivity index (χ3v) is 5.97. The van der Waals surface area contributed by atoms with Crippen molar-refractivity contribution >= 4 is 5.97 Å². The average Bonchev–Trinajstić information content (AvgIpc) is 3.13.